The SMILES string of the molecule is COc1ccc(-c2cc(Oc3cccc(C(=O)Nc4cc(F)cc(F)c4)c3)ncn2)cc1. The van der Waals surface area contributed by atoms with Gasteiger partial charge in [0.05, 0.1) is 12.8 Å². The third-order valence-electron chi connectivity index (χ3n) is 4.47. The number of carbonyl (C=O) groups is 1. The summed E-state index contributed by atoms with van der Waals surface area (Å²) in [6, 6.07) is 18.2. The lowest BCUT2D eigenvalue weighted by atomic mass is 10.1. The maximum atomic E-state index is 13.4. The monoisotopic (exact) mass is 433 g/mol. The van der Waals surface area contributed by atoms with E-state index in [1.165, 1.54) is 12.4 Å². The maximum Gasteiger partial charge on any atom is 0.255 e. The van der Waals surface area contributed by atoms with Gasteiger partial charge < -0.3 is 14.8 Å². The fourth-order valence-corrected chi connectivity index (χ4v) is 2.97. The van der Waals surface area contributed by atoms with Gasteiger partial charge in [0.25, 0.3) is 5.91 Å². The number of benzene rings is 3. The van der Waals surface area contributed by atoms with Gasteiger partial charge in [-0.25, -0.2) is 18.7 Å². The Kier molecular flexibility index (Phi) is 6.03. The van der Waals surface area contributed by atoms with Crippen molar-refractivity contribution < 1.29 is 23.0 Å². The van der Waals surface area contributed by atoms with Gasteiger partial charge in [-0.15, -0.1) is 0 Å². The lowest BCUT2D eigenvalue weighted by molar-refractivity contribution is 0.102. The summed E-state index contributed by atoms with van der Waals surface area (Å²) in [6.45, 7) is 0. The second-order valence-corrected chi connectivity index (χ2v) is 6.71. The Hall–Kier alpha value is -4.33. The summed E-state index contributed by atoms with van der Waals surface area (Å²) >= 11 is 0. The molecule has 160 valence electrons. The molecule has 0 aliphatic carbocycles. The Bertz CT molecular complexity index is 1240. The van der Waals surface area contributed by atoms with Gasteiger partial charge in [-0.1, -0.05) is 6.07 Å². The number of nitrogens with one attached hydrogen (secondary N) is 1. The summed E-state index contributed by atoms with van der Waals surface area (Å²) in [5.41, 5.74) is 1.77. The van der Waals surface area contributed by atoms with E-state index in [1.807, 2.05) is 24.3 Å². The number of anilines is 1. The van der Waals surface area contributed by atoms with Gasteiger partial charge in [0.15, 0.2) is 0 Å². The molecule has 4 rings (SSSR count). The second-order valence-electron chi connectivity index (χ2n) is 6.71. The topological polar surface area (TPSA) is 73.3 Å². The molecule has 1 heterocycles. The lowest BCUT2D eigenvalue weighted by Gasteiger charge is -2.09. The molecule has 0 saturated heterocycles. The summed E-state index contributed by atoms with van der Waals surface area (Å²) in [7, 11) is 1.59. The van der Waals surface area contributed by atoms with Crippen LogP contribution in [0.4, 0.5) is 14.5 Å². The lowest BCUT2D eigenvalue weighted by Crippen LogP contribution is -2.12. The highest BCUT2D eigenvalue weighted by Gasteiger charge is 2.11. The smallest absolute Gasteiger partial charge is 0.255 e. The predicted molar refractivity (Wildman–Crippen MR) is 115 cm³/mol. The number of rotatable bonds is 6. The van der Waals surface area contributed by atoms with Crippen molar-refractivity contribution in [2.24, 2.45) is 0 Å². The molecular weight excluding hydrogens is 416 g/mol. The zero-order valence-corrected chi connectivity index (χ0v) is 16.9. The van der Waals surface area contributed by atoms with Crippen molar-refractivity contribution in [3.05, 3.63) is 96.3 Å². The van der Waals surface area contributed by atoms with E-state index in [0.717, 1.165) is 29.5 Å². The Balaban J connectivity index is 1.50. The maximum absolute atomic E-state index is 13.4. The highest BCUT2D eigenvalue weighted by atomic mass is 19.1. The normalized spacial score (nSPS) is 10.5. The first-order chi connectivity index (χ1) is 15.5. The number of hydrogen-bond donors (Lipinski definition) is 1. The van der Waals surface area contributed by atoms with Gasteiger partial charge in [0.2, 0.25) is 5.88 Å². The second kappa shape index (κ2) is 9.22. The van der Waals surface area contributed by atoms with Gasteiger partial charge in [0, 0.05) is 28.9 Å². The minimum atomic E-state index is -0.784. The van der Waals surface area contributed by atoms with E-state index in [2.05, 4.69) is 15.3 Å². The van der Waals surface area contributed by atoms with E-state index in [-0.39, 0.29) is 17.1 Å². The third-order valence-corrected chi connectivity index (χ3v) is 4.47. The molecule has 4 aromatic rings. The van der Waals surface area contributed by atoms with Crippen molar-refractivity contribution in [3.8, 4) is 28.6 Å². The average molecular weight is 433 g/mol. The van der Waals surface area contributed by atoms with E-state index in [1.54, 1.807) is 31.4 Å². The summed E-state index contributed by atoms with van der Waals surface area (Å²) in [6.07, 6.45) is 1.38. The standard InChI is InChI=1S/C24H17F2N3O3/c1-31-20-7-5-15(6-8-20)22-13-23(28-14-27-22)32-21-4-2-3-16(9-21)24(30)29-19-11-17(25)10-18(26)12-19/h2-14H,1H3,(H,29,30). The minimum Gasteiger partial charge on any atom is -0.497 e. The van der Waals surface area contributed by atoms with Crippen LogP contribution in [0.25, 0.3) is 11.3 Å². The van der Waals surface area contributed by atoms with Crippen molar-refractivity contribution in [2.75, 3.05) is 12.4 Å². The molecule has 32 heavy (non-hydrogen) atoms. The molecule has 0 spiro atoms. The number of halogens is 2. The minimum absolute atomic E-state index is 0.0127. The van der Waals surface area contributed by atoms with Crippen LogP contribution in [0, 0.1) is 11.6 Å². The zero-order chi connectivity index (χ0) is 22.5. The van der Waals surface area contributed by atoms with Crippen LogP contribution in [0.1, 0.15) is 10.4 Å². The van der Waals surface area contributed by atoms with Gasteiger partial charge in [-0.2, -0.15) is 0 Å². The van der Waals surface area contributed by atoms with Crippen LogP contribution in [-0.2, 0) is 0 Å². The Morgan fingerprint density at radius 2 is 1.62 bits per heavy atom. The first kappa shape index (κ1) is 20.9. The van der Waals surface area contributed by atoms with Crippen LogP contribution >= 0.6 is 0 Å². The van der Waals surface area contributed by atoms with Crippen LogP contribution in [0.3, 0.4) is 0 Å². The van der Waals surface area contributed by atoms with Crippen LogP contribution in [0.5, 0.6) is 17.4 Å². The fraction of sp³-hybridized carbons (Fsp3) is 0.0417. The Morgan fingerprint density at radius 3 is 2.34 bits per heavy atom. The van der Waals surface area contributed by atoms with Gasteiger partial charge in [-0.05, 0) is 54.6 Å². The quantitative estimate of drug-likeness (QED) is 0.436. The number of aromatic nitrogens is 2. The van der Waals surface area contributed by atoms with Crippen LogP contribution in [0.2, 0.25) is 0 Å². The van der Waals surface area contributed by atoms with Gasteiger partial charge >= 0.3 is 0 Å². The Morgan fingerprint density at radius 1 is 0.875 bits per heavy atom. The molecule has 0 atom stereocenters. The molecule has 8 heteroatoms. The largest absolute Gasteiger partial charge is 0.497 e. The molecule has 1 amide bonds. The molecule has 1 aromatic heterocycles. The summed E-state index contributed by atoms with van der Waals surface area (Å²) < 4.78 is 37.7. The first-order valence-electron chi connectivity index (χ1n) is 9.52. The number of ether oxygens (including phenoxy) is 2. The molecule has 6 nitrogen and oxygen atoms in total. The van der Waals surface area contributed by atoms with E-state index >= 15 is 0 Å². The third kappa shape index (κ3) is 5.04. The van der Waals surface area contributed by atoms with Crippen molar-refractivity contribution in [1.82, 2.24) is 9.97 Å². The van der Waals surface area contributed by atoms with E-state index in [4.69, 9.17) is 9.47 Å². The average Bonchev–Trinajstić information content (AvgIpc) is 2.79. The number of carbonyl (C=O) groups excluding carboxylic acids is 1. The molecule has 0 saturated carbocycles. The highest BCUT2D eigenvalue weighted by Crippen LogP contribution is 2.26. The first-order valence-corrected chi connectivity index (χ1v) is 9.52. The number of hydrogen-bond acceptors (Lipinski definition) is 5. The predicted octanol–water partition coefficient (Wildman–Crippen LogP) is 5.48. The molecule has 0 fully saturated rings. The molecule has 0 unspecified atom stereocenters. The molecule has 3 aromatic carbocycles. The molecular formula is C24H17F2N3O3. The van der Waals surface area contributed by atoms with Crippen molar-refractivity contribution in [1.29, 1.82) is 0 Å². The van der Waals surface area contributed by atoms with Crippen molar-refractivity contribution in [3.63, 3.8) is 0 Å². The van der Waals surface area contributed by atoms with Gasteiger partial charge in [0.1, 0.15) is 29.5 Å². The van der Waals surface area contributed by atoms with E-state index in [0.29, 0.717) is 11.4 Å². The van der Waals surface area contributed by atoms with Crippen molar-refractivity contribution >= 4 is 11.6 Å². The summed E-state index contributed by atoms with van der Waals surface area (Å²) in [5.74, 6) is -0.724. The van der Waals surface area contributed by atoms with Gasteiger partial charge in [-0.3, -0.25) is 4.79 Å². The molecule has 1 N–H and O–H groups in total. The molecule has 0 bridgehead atoms. The number of amides is 1. The molecule has 0 aliphatic rings. The fourth-order valence-electron chi connectivity index (χ4n) is 2.97. The zero-order valence-electron chi connectivity index (χ0n) is 16.9. The summed E-state index contributed by atoms with van der Waals surface area (Å²) in [5, 5.41) is 2.46. The van der Waals surface area contributed by atoms with E-state index in [9.17, 15) is 13.6 Å². The summed E-state index contributed by atoms with van der Waals surface area (Å²) in [4.78, 5) is 20.9. The number of methoxy groups -OCH3 is 1. The highest BCUT2D eigenvalue weighted by molar-refractivity contribution is 6.04. The molecule has 0 radical (unpaired) electrons. The van der Waals surface area contributed by atoms with E-state index < -0.39 is 17.5 Å². The van der Waals surface area contributed by atoms with Crippen molar-refractivity contribution in [2.45, 2.75) is 0 Å². The van der Waals surface area contributed by atoms with Crippen LogP contribution in [0.15, 0.2) is 79.1 Å². The Labute approximate surface area is 182 Å². The number of nitrogens with zero attached hydrogens (tertiary/aromatic N) is 2. The molecule has 0 aliphatic heterocycles. The van der Waals surface area contributed by atoms with Crippen LogP contribution < -0.4 is 14.8 Å². The van der Waals surface area contributed by atoms with Crippen LogP contribution in [-0.4, -0.2) is 23.0 Å².